The molecule has 5 heteroatoms. The van der Waals surface area contributed by atoms with Crippen LogP contribution in [0.5, 0.6) is 0 Å². The average Bonchev–Trinajstić information content (AvgIpc) is 2.71. The van der Waals surface area contributed by atoms with E-state index < -0.39 is 0 Å². The van der Waals surface area contributed by atoms with Gasteiger partial charge >= 0.3 is 5.97 Å². The smallest absolute Gasteiger partial charge is 0.357 e. The van der Waals surface area contributed by atoms with E-state index in [0.717, 1.165) is 29.4 Å². The van der Waals surface area contributed by atoms with E-state index in [-0.39, 0.29) is 5.97 Å². The first-order valence-corrected chi connectivity index (χ1v) is 6.73. The van der Waals surface area contributed by atoms with E-state index in [1.54, 1.807) is 0 Å². The van der Waals surface area contributed by atoms with Crippen molar-refractivity contribution < 1.29 is 9.53 Å². The largest absolute Gasteiger partial charge is 0.464 e. The number of hydrogen-bond donors (Lipinski definition) is 1. The predicted octanol–water partition coefficient (Wildman–Crippen LogP) is 3.09. The number of methoxy groups -OCH3 is 1. The first kappa shape index (κ1) is 14.0. The SMILES string of the molecule is CCC(CC)CNc1nc(C(=O)OC)c(C)s1. The van der Waals surface area contributed by atoms with Crippen LogP contribution >= 0.6 is 11.3 Å². The van der Waals surface area contributed by atoms with Gasteiger partial charge in [-0.25, -0.2) is 9.78 Å². The van der Waals surface area contributed by atoms with Crippen LogP contribution in [0.1, 0.15) is 42.1 Å². The summed E-state index contributed by atoms with van der Waals surface area (Å²) in [6, 6.07) is 0. The van der Waals surface area contributed by atoms with Crippen molar-refractivity contribution in [3.63, 3.8) is 0 Å². The summed E-state index contributed by atoms with van der Waals surface area (Å²) in [4.78, 5) is 16.5. The number of carbonyl (C=O) groups excluding carboxylic acids is 1. The number of ether oxygens (including phenoxy) is 1. The second-order valence-corrected chi connectivity index (χ2v) is 5.18. The molecule has 0 unspecified atom stereocenters. The topological polar surface area (TPSA) is 51.2 Å². The summed E-state index contributed by atoms with van der Waals surface area (Å²) < 4.78 is 4.68. The Kier molecular flexibility index (Phi) is 5.41. The zero-order valence-corrected chi connectivity index (χ0v) is 11.7. The molecule has 0 fully saturated rings. The number of aromatic nitrogens is 1. The Labute approximate surface area is 106 Å². The molecule has 1 heterocycles. The molecule has 96 valence electrons. The highest BCUT2D eigenvalue weighted by Gasteiger charge is 2.15. The molecule has 0 saturated carbocycles. The Balaban J connectivity index is 2.64. The molecule has 1 aromatic rings. The summed E-state index contributed by atoms with van der Waals surface area (Å²) in [5.74, 6) is 0.287. The van der Waals surface area contributed by atoms with Gasteiger partial charge in [0.1, 0.15) is 0 Å². The Hall–Kier alpha value is -1.10. The molecule has 0 aliphatic heterocycles. The van der Waals surface area contributed by atoms with Crippen LogP contribution in [0.15, 0.2) is 0 Å². The number of nitrogens with zero attached hydrogens (tertiary/aromatic N) is 1. The number of nitrogens with one attached hydrogen (secondary N) is 1. The molecule has 0 aromatic carbocycles. The monoisotopic (exact) mass is 256 g/mol. The molecule has 17 heavy (non-hydrogen) atoms. The van der Waals surface area contributed by atoms with Crippen molar-refractivity contribution in [1.29, 1.82) is 0 Å². The van der Waals surface area contributed by atoms with Gasteiger partial charge in [0.25, 0.3) is 0 Å². The number of rotatable bonds is 6. The molecule has 0 bridgehead atoms. The fourth-order valence-corrected chi connectivity index (χ4v) is 2.38. The van der Waals surface area contributed by atoms with Crippen LogP contribution in [0, 0.1) is 12.8 Å². The normalized spacial score (nSPS) is 10.6. The van der Waals surface area contributed by atoms with Crippen LogP contribution in [0.2, 0.25) is 0 Å². The Morgan fingerprint density at radius 1 is 1.47 bits per heavy atom. The molecular weight excluding hydrogens is 236 g/mol. The zero-order valence-electron chi connectivity index (χ0n) is 10.9. The minimum Gasteiger partial charge on any atom is -0.464 e. The van der Waals surface area contributed by atoms with E-state index in [2.05, 4.69) is 28.9 Å². The molecule has 1 N–H and O–H groups in total. The molecular formula is C12H20N2O2S. The van der Waals surface area contributed by atoms with E-state index in [1.807, 2.05) is 6.92 Å². The molecule has 0 aliphatic rings. The summed E-state index contributed by atoms with van der Waals surface area (Å²) in [6.45, 7) is 7.15. The number of anilines is 1. The van der Waals surface area contributed by atoms with Gasteiger partial charge in [0.05, 0.1) is 7.11 Å². The molecule has 0 saturated heterocycles. The second-order valence-electron chi connectivity index (χ2n) is 3.98. The maximum Gasteiger partial charge on any atom is 0.357 e. The van der Waals surface area contributed by atoms with E-state index in [4.69, 9.17) is 0 Å². The van der Waals surface area contributed by atoms with E-state index in [1.165, 1.54) is 18.4 Å². The third kappa shape index (κ3) is 3.70. The van der Waals surface area contributed by atoms with E-state index in [0.29, 0.717) is 11.6 Å². The van der Waals surface area contributed by atoms with Gasteiger partial charge in [-0.3, -0.25) is 0 Å². The zero-order chi connectivity index (χ0) is 12.8. The summed E-state index contributed by atoms with van der Waals surface area (Å²) in [5, 5.41) is 4.09. The van der Waals surface area contributed by atoms with Crippen molar-refractivity contribution in [3.8, 4) is 0 Å². The maximum absolute atomic E-state index is 11.4. The van der Waals surface area contributed by atoms with Crippen LogP contribution < -0.4 is 5.32 Å². The van der Waals surface area contributed by atoms with Crippen LogP contribution in [-0.2, 0) is 4.74 Å². The van der Waals surface area contributed by atoms with E-state index >= 15 is 0 Å². The quantitative estimate of drug-likeness (QED) is 0.795. The fraction of sp³-hybridized carbons (Fsp3) is 0.667. The number of aryl methyl sites for hydroxylation is 1. The van der Waals surface area contributed by atoms with Gasteiger partial charge in [0, 0.05) is 11.4 Å². The number of carbonyl (C=O) groups is 1. The summed E-state index contributed by atoms with van der Waals surface area (Å²) >= 11 is 1.50. The number of esters is 1. The lowest BCUT2D eigenvalue weighted by molar-refractivity contribution is 0.0594. The molecule has 0 spiro atoms. The molecule has 4 nitrogen and oxygen atoms in total. The van der Waals surface area contributed by atoms with Crippen LogP contribution in [0.4, 0.5) is 5.13 Å². The van der Waals surface area contributed by atoms with Gasteiger partial charge in [-0.2, -0.15) is 0 Å². The summed E-state index contributed by atoms with van der Waals surface area (Å²) in [7, 11) is 1.37. The van der Waals surface area contributed by atoms with Gasteiger partial charge in [-0.15, -0.1) is 11.3 Å². The first-order valence-electron chi connectivity index (χ1n) is 5.91. The van der Waals surface area contributed by atoms with Crippen LogP contribution in [0.3, 0.4) is 0 Å². The molecule has 0 atom stereocenters. The Morgan fingerprint density at radius 3 is 2.65 bits per heavy atom. The highest BCUT2D eigenvalue weighted by atomic mass is 32.1. The Morgan fingerprint density at radius 2 is 2.12 bits per heavy atom. The first-order chi connectivity index (χ1) is 8.12. The molecule has 1 aromatic heterocycles. The van der Waals surface area contributed by atoms with Gasteiger partial charge < -0.3 is 10.1 Å². The Bertz CT molecular complexity index is 373. The van der Waals surface area contributed by atoms with Gasteiger partial charge in [-0.1, -0.05) is 26.7 Å². The highest BCUT2D eigenvalue weighted by Crippen LogP contribution is 2.23. The lowest BCUT2D eigenvalue weighted by Gasteiger charge is -2.11. The van der Waals surface area contributed by atoms with Gasteiger partial charge in [0.15, 0.2) is 10.8 Å². The average molecular weight is 256 g/mol. The minimum atomic E-state index is -0.366. The third-order valence-electron chi connectivity index (χ3n) is 2.87. The lowest BCUT2D eigenvalue weighted by atomic mass is 10.0. The van der Waals surface area contributed by atoms with Crippen LogP contribution in [0.25, 0.3) is 0 Å². The van der Waals surface area contributed by atoms with Crippen molar-refractivity contribution in [3.05, 3.63) is 10.6 Å². The van der Waals surface area contributed by atoms with Crippen molar-refractivity contribution in [2.45, 2.75) is 33.6 Å². The predicted molar refractivity (Wildman–Crippen MR) is 70.8 cm³/mol. The number of hydrogen-bond acceptors (Lipinski definition) is 5. The molecule has 1 rings (SSSR count). The lowest BCUT2D eigenvalue weighted by Crippen LogP contribution is -2.12. The van der Waals surface area contributed by atoms with Gasteiger partial charge in [0.2, 0.25) is 0 Å². The van der Waals surface area contributed by atoms with Crippen molar-refractivity contribution in [1.82, 2.24) is 4.98 Å². The van der Waals surface area contributed by atoms with Gasteiger partial charge in [-0.05, 0) is 12.8 Å². The fourth-order valence-electron chi connectivity index (χ4n) is 1.57. The third-order valence-corrected chi connectivity index (χ3v) is 3.80. The molecule has 0 amide bonds. The van der Waals surface area contributed by atoms with Crippen molar-refractivity contribution in [2.75, 3.05) is 19.0 Å². The molecule has 0 aliphatic carbocycles. The van der Waals surface area contributed by atoms with Crippen molar-refractivity contribution >= 4 is 22.4 Å². The summed E-state index contributed by atoms with van der Waals surface area (Å²) in [6.07, 6.45) is 2.30. The second kappa shape index (κ2) is 6.59. The van der Waals surface area contributed by atoms with E-state index in [9.17, 15) is 4.79 Å². The minimum absolute atomic E-state index is 0.366. The highest BCUT2D eigenvalue weighted by molar-refractivity contribution is 7.15. The summed E-state index contributed by atoms with van der Waals surface area (Å²) in [5.41, 5.74) is 0.421. The van der Waals surface area contributed by atoms with Crippen LogP contribution in [-0.4, -0.2) is 24.6 Å². The maximum atomic E-state index is 11.4. The molecule has 0 radical (unpaired) electrons. The number of thiazole rings is 1. The van der Waals surface area contributed by atoms with Crippen molar-refractivity contribution in [2.24, 2.45) is 5.92 Å². The standard InChI is InChI=1S/C12H20N2O2S/c1-5-9(6-2)7-13-12-14-10(8(3)17-12)11(15)16-4/h9H,5-7H2,1-4H3,(H,13,14).